The van der Waals surface area contributed by atoms with Crippen LogP contribution in [-0.4, -0.2) is 16.3 Å². The second kappa shape index (κ2) is 3.21. The summed E-state index contributed by atoms with van der Waals surface area (Å²) in [6, 6.07) is 8.81. The van der Waals surface area contributed by atoms with Crippen LogP contribution >= 0.6 is 0 Å². The molecule has 80 valence electrons. The first kappa shape index (κ1) is 9.18. The van der Waals surface area contributed by atoms with Gasteiger partial charge in [-0.05, 0) is 12.1 Å². The number of ether oxygens (including phenoxy) is 1. The third-order valence-corrected chi connectivity index (χ3v) is 2.58. The molecule has 1 aliphatic heterocycles. The molecule has 0 fully saturated rings. The summed E-state index contributed by atoms with van der Waals surface area (Å²) in [5, 5.41) is 9.99. The van der Waals surface area contributed by atoms with Crippen molar-refractivity contribution in [3.8, 4) is 5.75 Å². The molecule has 2 aromatic rings. The highest BCUT2D eigenvalue weighted by atomic mass is 16.5. The van der Waals surface area contributed by atoms with Crippen LogP contribution in [0.2, 0.25) is 0 Å². The fraction of sp³-hybridized carbons (Fsp3) is 0.0833. The lowest BCUT2D eigenvalue weighted by atomic mass is 10.2. The van der Waals surface area contributed by atoms with E-state index in [-0.39, 0.29) is 12.2 Å². The molecule has 0 amide bonds. The largest absolute Gasteiger partial charge is 0.455 e. The van der Waals surface area contributed by atoms with Crippen LogP contribution in [0.25, 0.3) is 17.1 Å². The van der Waals surface area contributed by atoms with E-state index in [4.69, 9.17) is 9.84 Å². The molecule has 1 aromatic heterocycles. The number of rotatable bonds is 1. The van der Waals surface area contributed by atoms with E-state index in [1.807, 2.05) is 12.1 Å². The van der Waals surface area contributed by atoms with Gasteiger partial charge in [0.25, 0.3) is 5.56 Å². The molecule has 0 bridgehead atoms. The number of benzene rings is 1. The summed E-state index contributed by atoms with van der Waals surface area (Å²) in [7, 11) is 0. The van der Waals surface area contributed by atoms with Crippen LogP contribution in [0, 0.1) is 0 Å². The van der Waals surface area contributed by atoms with Crippen molar-refractivity contribution < 1.29 is 9.84 Å². The van der Waals surface area contributed by atoms with E-state index in [2.05, 4.69) is 0 Å². The first-order valence-electron chi connectivity index (χ1n) is 4.93. The summed E-state index contributed by atoms with van der Waals surface area (Å²) < 4.78 is 6.96. The molecule has 2 heterocycles. The molecule has 4 nitrogen and oxygen atoms in total. The van der Waals surface area contributed by atoms with Gasteiger partial charge in [-0.3, -0.25) is 9.36 Å². The van der Waals surface area contributed by atoms with Gasteiger partial charge in [0.15, 0.2) is 5.75 Å². The monoisotopic (exact) mass is 215 g/mol. The summed E-state index contributed by atoms with van der Waals surface area (Å²) in [6.07, 6.45) is 1.53. The van der Waals surface area contributed by atoms with Crippen molar-refractivity contribution in [3.63, 3.8) is 0 Å². The van der Waals surface area contributed by atoms with Crippen LogP contribution in [0.4, 0.5) is 0 Å². The topological polar surface area (TPSA) is 51.5 Å². The SMILES string of the molecule is O=c1ccc2cccc3c2n1C=C(CO)O3. The number of pyridine rings is 1. The van der Waals surface area contributed by atoms with Crippen LogP contribution in [0.3, 0.4) is 0 Å². The summed E-state index contributed by atoms with van der Waals surface area (Å²) in [5.41, 5.74) is 0.612. The zero-order valence-corrected chi connectivity index (χ0v) is 8.38. The Kier molecular flexibility index (Phi) is 1.84. The molecule has 1 N–H and O–H groups in total. The maximum absolute atomic E-state index is 11.7. The Morgan fingerprint density at radius 2 is 2.12 bits per heavy atom. The molecular formula is C12H9NO3. The third kappa shape index (κ3) is 1.17. The highest BCUT2D eigenvalue weighted by Gasteiger charge is 2.14. The Morgan fingerprint density at radius 3 is 2.94 bits per heavy atom. The van der Waals surface area contributed by atoms with Gasteiger partial charge in [-0.1, -0.05) is 12.1 Å². The first-order valence-corrected chi connectivity index (χ1v) is 4.93. The molecule has 0 saturated heterocycles. The lowest BCUT2D eigenvalue weighted by Crippen LogP contribution is -2.20. The van der Waals surface area contributed by atoms with Crippen molar-refractivity contribution in [1.29, 1.82) is 0 Å². The second-order valence-electron chi connectivity index (χ2n) is 3.59. The Hall–Kier alpha value is -2.07. The van der Waals surface area contributed by atoms with Gasteiger partial charge in [-0.15, -0.1) is 0 Å². The number of hydrogen-bond acceptors (Lipinski definition) is 3. The average Bonchev–Trinajstić information content (AvgIpc) is 2.33. The molecule has 16 heavy (non-hydrogen) atoms. The summed E-state index contributed by atoms with van der Waals surface area (Å²) in [5.74, 6) is 0.968. The van der Waals surface area contributed by atoms with E-state index in [9.17, 15) is 4.79 Å². The predicted molar refractivity (Wildman–Crippen MR) is 60.2 cm³/mol. The number of aliphatic hydroxyl groups excluding tert-OH is 1. The minimum absolute atomic E-state index is 0.130. The third-order valence-electron chi connectivity index (χ3n) is 2.58. The number of aliphatic hydroxyl groups is 1. The first-order chi connectivity index (χ1) is 7.79. The van der Waals surface area contributed by atoms with Gasteiger partial charge in [0, 0.05) is 11.5 Å². The van der Waals surface area contributed by atoms with Crippen LogP contribution in [0.15, 0.2) is 40.9 Å². The van der Waals surface area contributed by atoms with E-state index in [1.54, 1.807) is 12.1 Å². The van der Waals surface area contributed by atoms with E-state index in [0.29, 0.717) is 11.5 Å². The second-order valence-corrected chi connectivity index (χ2v) is 3.59. The zero-order valence-electron chi connectivity index (χ0n) is 8.38. The van der Waals surface area contributed by atoms with Crippen LogP contribution in [0.1, 0.15) is 0 Å². The molecule has 0 aliphatic carbocycles. The number of nitrogens with zero attached hydrogens (tertiary/aromatic N) is 1. The van der Waals surface area contributed by atoms with Crippen molar-refractivity contribution >= 4 is 17.1 Å². The Labute approximate surface area is 91.0 Å². The van der Waals surface area contributed by atoms with Crippen molar-refractivity contribution in [2.24, 2.45) is 0 Å². The summed E-state index contributed by atoms with van der Waals surface area (Å²) in [6.45, 7) is -0.225. The molecule has 0 spiro atoms. The van der Waals surface area contributed by atoms with Crippen molar-refractivity contribution in [2.75, 3.05) is 6.61 Å². The van der Waals surface area contributed by atoms with Crippen molar-refractivity contribution in [2.45, 2.75) is 0 Å². The van der Waals surface area contributed by atoms with Gasteiger partial charge in [-0.25, -0.2) is 0 Å². The maximum Gasteiger partial charge on any atom is 0.255 e. The smallest absolute Gasteiger partial charge is 0.255 e. The quantitative estimate of drug-likeness (QED) is 0.777. The molecule has 0 atom stereocenters. The number of hydrogen-bond donors (Lipinski definition) is 1. The maximum atomic E-state index is 11.7. The van der Waals surface area contributed by atoms with Crippen LogP contribution in [-0.2, 0) is 0 Å². The molecule has 4 heteroatoms. The van der Waals surface area contributed by atoms with Crippen LogP contribution in [0.5, 0.6) is 5.75 Å². The minimum Gasteiger partial charge on any atom is -0.455 e. The zero-order chi connectivity index (χ0) is 11.1. The highest BCUT2D eigenvalue weighted by Crippen LogP contribution is 2.29. The number of para-hydroxylation sites is 1. The Balaban J connectivity index is 2.47. The molecule has 1 aliphatic rings. The van der Waals surface area contributed by atoms with Crippen molar-refractivity contribution in [3.05, 3.63) is 46.4 Å². The standard InChI is InChI=1S/C12H9NO3/c14-7-9-6-13-11(15)5-4-8-2-1-3-10(16-9)12(8)13/h1-6,14H,7H2. The average molecular weight is 215 g/mol. The lowest BCUT2D eigenvalue weighted by Gasteiger charge is -2.18. The van der Waals surface area contributed by atoms with Gasteiger partial charge in [0.2, 0.25) is 0 Å². The van der Waals surface area contributed by atoms with E-state index in [0.717, 1.165) is 10.9 Å². The van der Waals surface area contributed by atoms with Crippen molar-refractivity contribution in [1.82, 2.24) is 4.57 Å². The molecule has 0 saturated carbocycles. The summed E-state index contributed by atoms with van der Waals surface area (Å²) in [4.78, 5) is 11.7. The van der Waals surface area contributed by atoms with Gasteiger partial charge < -0.3 is 9.84 Å². The fourth-order valence-electron chi connectivity index (χ4n) is 1.88. The summed E-state index contributed by atoms with van der Waals surface area (Å²) >= 11 is 0. The molecule has 0 unspecified atom stereocenters. The van der Waals surface area contributed by atoms with Gasteiger partial charge in [0.05, 0.1) is 11.7 Å². The highest BCUT2D eigenvalue weighted by molar-refractivity contribution is 5.87. The Bertz CT molecular complexity index is 655. The van der Waals surface area contributed by atoms with Gasteiger partial charge >= 0.3 is 0 Å². The molecule has 3 rings (SSSR count). The van der Waals surface area contributed by atoms with E-state index < -0.39 is 0 Å². The number of aromatic nitrogens is 1. The van der Waals surface area contributed by atoms with Crippen LogP contribution < -0.4 is 10.3 Å². The Morgan fingerprint density at radius 1 is 1.25 bits per heavy atom. The van der Waals surface area contributed by atoms with Gasteiger partial charge in [-0.2, -0.15) is 0 Å². The minimum atomic E-state index is -0.225. The van der Waals surface area contributed by atoms with E-state index >= 15 is 0 Å². The fourth-order valence-corrected chi connectivity index (χ4v) is 1.88. The lowest BCUT2D eigenvalue weighted by molar-refractivity contribution is 0.263. The molecule has 1 aromatic carbocycles. The van der Waals surface area contributed by atoms with Gasteiger partial charge in [0.1, 0.15) is 12.4 Å². The van der Waals surface area contributed by atoms with E-state index in [1.165, 1.54) is 16.8 Å². The molecular weight excluding hydrogens is 206 g/mol. The molecule has 0 radical (unpaired) electrons. The normalized spacial score (nSPS) is 13.4. The predicted octanol–water partition coefficient (Wildman–Crippen LogP) is 1.18.